The molecule has 1 fully saturated rings. The number of alkyl halides is 2. The topological polar surface area (TPSA) is 0 Å². The zero-order chi connectivity index (χ0) is 9.14. The van der Waals surface area contributed by atoms with Crippen molar-refractivity contribution in [2.45, 2.75) is 37.4 Å². The molecule has 4 atom stereocenters. The molecule has 2 radical (unpaired) electrons. The summed E-state index contributed by atoms with van der Waals surface area (Å²) in [5.41, 5.74) is 0. The molecule has 0 heterocycles. The first-order chi connectivity index (χ1) is 5.61. The van der Waals surface area contributed by atoms with Crippen molar-refractivity contribution < 1.29 is 0 Å². The lowest BCUT2D eigenvalue weighted by Crippen LogP contribution is -2.25. The van der Waals surface area contributed by atoms with Crippen LogP contribution in [0.15, 0.2) is 0 Å². The second-order valence-corrected chi connectivity index (χ2v) is 5.00. The Hall–Kier alpha value is 0.580. The van der Waals surface area contributed by atoms with Gasteiger partial charge in [0.1, 0.15) is 0 Å². The van der Waals surface area contributed by atoms with E-state index < -0.39 is 0 Å². The number of rotatable bonds is 2. The van der Waals surface area contributed by atoms with Crippen molar-refractivity contribution in [3.8, 4) is 0 Å². The minimum absolute atomic E-state index is 0.257. The maximum Gasteiger partial charge on any atom is 0.0338 e. The highest BCUT2D eigenvalue weighted by molar-refractivity contribution is 6.21. The van der Waals surface area contributed by atoms with E-state index in [4.69, 9.17) is 23.2 Å². The van der Waals surface area contributed by atoms with Crippen LogP contribution in [0.4, 0.5) is 0 Å². The van der Waals surface area contributed by atoms with Gasteiger partial charge in [-0.05, 0) is 51.4 Å². The highest BCUT2D eigenvalue weighted by Crippen LogP contribution is 2.34. The molecule has 0 aliphatic heterocycles. The Morgan fingerprint density at radius 2 is 1.33 bits per heavy atom. The van der Waals surface area contributed by atoms with Crippen LogP contribution in [0.5, 0.6) is 0 Å². The third-order valence-corrected chi connectivity index (χ3v) is 3.25. The lowest BCUT2D eigenvalue weighted by Gasteiger charge is -2.30. The Bertz CT molecular complexity index is 108. The number of hydrogen-bond acceptors (Lipinski definition) is 0. The molecule has 1 aliphatic carbocycles. The summed E-state index contributed by atoms with van der Waals surface area (Å²) >= 11 is 12.0. The molecule has 2 heteroatoms. The second-order valence-electron chi connectivity index (χ2n) is 3.63. The molecule has 0 bridgehead atoms. The van der Waals surface area contributed by atoms with E-state index in [2.05, 4.69) is 26.7 Å². The van der Waals surface area contributed by atoms with E-state index in [-0.39, 0.29) is 10.8 Å². The predicted molar refractivity (Wildman–Crippen MR) is 55.4 cm³/mol. The summed E-state index contributed by atoms with van der Waals surface area (Å²) in [5.74, 6) is 1.11. The van der Waals surface area contributed by atoms with Gasteiger partial charge in [0.15, 0.2) is 0 Å². The Morgan fingerprint density at radius 1 is 1.00 bits per heavy atom. The SMILES string of the molecule is CC(Cl)C1[CH]CC(C(C)Cl)[CH]C1. The summed E-state index contributed by atoms with van der Waals surface area (Å²) in [4.78, 5) is 0. The molecule has 0 N–H and O–H groups in total. The van der Waals surface area contributed by atoms with Crippen LogP contribution in [-0.4, -0.2) is 10.8 Å². The van der Waals surface area contributed by atoms with Crippen molar-refractivity contribution in [2.75, 3.05) is 0 Å². The Balaban J connectivity index is 2.30. The van der Waals surface area contributed by atoms with E-state index in [9.17, 15) is 0 Å². The smallest absolute Gasteiger partial charge is 0.0338 e. The largest absolute Gasteiger partial charge is 0.123 e. The van der Waals surface area contributed by atoms with Crippen LogP contribution >= 0.6 is 23.2 Å². The molecule has 0 saturated heterocycles. The fourth-order valence-electron chi connectivity index (χ4n) is 1.61. The third kappa shape index (κ3) is 2.81. The van der Waals surface area contributed by atoms with Gasteiger partial charge in [-0.3, -0.25) is 0 Å². The van der Waals surface area contributed by atoms with Gasteiger partial charge >= 0.3 is 0 Å². The molecule has 0 aromatic rings. The van der Waals surface area contributed by atoms with Crippen LogP contribution in [0.2, 0.25) is 0 Å². The molecule has 12 heavy (non-hydrogen) atoms. The van der Waals surface area contributed by atoms with Gasteiger partial charge in [-0.15, -0.1) is 23.2 Å². The minimum atomic E-state index is 0.257. The van der Waals surface area contributed by atoms with E-state index in [0.717, 1.165) is 12.8 Å². The highest BCUT2D eigenvalue weighted by atomic mass is 35.5. The zero-order valence-electron chi connectivity index (χ0n) is 7.63. The monoisotopic (exact) mass is 206 g/mol. The Labute approximate surface area is 85.6 Å². The molecule has 1 rings (SSSR count). The van der Waals surface area contributed by atoms with Gasteiger partial charge in [0, 0.05) is 10.8 Å². The predicted octanol–water partition coefficient (Wildman–Crippen LogP) is 3.68. The number of hydrogen-bond donors (Lipinski definition) is 0. The van der Waals surface area contributed by atoms with Crippen molar-refractivity contribution in [3.63, 3.8) is 0 Å². The maximum atomic E-state index is 6.00. The van der Waals surface area contributed by atoms with Crippen molar-refractivity contribution in [3.05, 3.63) is 12.8 Å². The van der Waals surface area contributed by atoms with Crippen LogP contribution in [0.1, 0.15) is 26.7 Å². The van der Waals surface area contributed by atoms with Gasteiger partial charge < -0.3 is 0 Å². The lowest BCUT2D eigenvalue weighted by atomic mass is 9.79. The number of halogens is 2. The van der Waals surface area contributed by atoms with Crippen molar-refractivity contribution in [2.24, 2.45) is 11.8 Å². The van der Waals surface area contributed by atoms with Crippen LogP contribution < -0.4 is 0 Å². The van der Waals surface area contributed by atoms with Crippen molar-refractivity contribution in [1.29, 1.82) is 0 Å². The molecule has 0 aromatic heterocycles. The molecular formula is C10H16Cl2. The molecule has 70 valence electrons. The molecular weight excluding hydrogens is 191 g/mol. The van der Waals surface area contributed by atoms with Crippen molar-refractivity contribution >= 4 is 23.2 Å². The van der Waals surface area contributed by atoms with Crippen LogP contribution in [0, 0.1) is 24.7 Å². The normalized spacial score (nSPS) is 36.0. The van der Waals surface area contributed by atoms with E-state index in [0.29, 0.717) is 11.8 Å². The molecule has 4 unspecified atom stereocenters. The second kappa shape index (κ2) is 4.72. The summed E-state index contributed by atoms with van der Waals surface area (Å²) in [5, 5.41) is 0.515. The molecule has 0 spiro atoms. The fraction of sp³-hybridized carbons (Fsp3) is 0.800. The van der Waals surface area contributed by atoms with Crippen molar-refractivity contribution in [1.82, 2.24) is 0 Å². The standard InChI is InChI=1S/C10H16Cl2/c1-7(11)9-3-5-10(6-4-9)8(2)12/h3,6-10H,4-5H2,1-2H3. The fourth-order valence-corrected chi connectivity index (χ4v) is 2.02. The summed E-state index contributed by atoms with van der Waals surface area (Å²) in [6, 6.07) is 0. The van der Waals surface area contributed by atoms with Gasteiger partial charge in [0.05, 0.1) is 0 Å². The van der Waals surface area contributed by atoms with Gasteiger partial charge in [0.2, 0.25) is 0 Å². The molecule has 0 nitrogen and oxygen atoms in total. The third-order valence-electron chi connectivity index (χ3n) is 2.60. The molecule has 1 saturated carbocycles. The molecule has 0 aromatic carbocycles. The van der Waals surface area contributed by atoms with E-state index in [1.807, 2.05) is 0 Å². The Kier molecular flexibility index (Phi) is 4.19. The van der Waals surface area contributed by atoms with Gasteiger partial charge in [0.25, 0.3) is 0 Å². The minimum Gasteiger partial charge on any atom is -0.123 e. The van der Waals surface area contributed by atoms with Gasteiger partial charge in [-0.25, -0.2) is 0 Å². The summed E-state index contributed by atoms with van der Waals surface area (Å²) in [6.07, 6.45) is 6.82. The van der Waals surface area contributed by atoms with E-state index in [1.54, 1.807) is 0 Å². The van der Waals surface area contributed by atoms with Crippen LogP contribution in [0.25, 0.3) is 0 Å². The summed E-state index contributed by atoms with van der Waals surface area (Å²) in [7, 11) is 0. The molecule has 0 amide bonds. The average molecular weight is 207 g/mol. The summed E-state index contributed by atoms with van der Waals surface area (Å²) < 4.78 is 0. The average Bonchev–Trinajstić information content (AvgIpc) is 2.04. The van der Waals surface area contributed by atoms with E-state index >= 15 is 0 Å². The van der Waals surface area contributed by atoms with Gasteiger partial charge in [-0.2, -0.15) is 0 Å². The lowest BCUT2D eigenvalue weighted by molar-refractivity contribution is 0.417. The maximum absolute atomic E-state index is 6.00. The highest BCUT2D eigenvalue weighted by Gasteiger charge is 2.26. The Morgan fingerprint density at radius 3 is 1.50 bits per heavy atom. The summed E-state index contributed by atoms with van der Waals surface area (Å²) in [6.45, 7) is 4.11. The first-order valence-corrected chi connectivity index (χ1v) is 5.43. The first kappa shape index (κ1) is 10.7. The van der Waals surface area contributed by atoms with Gasteiger partial charge in [-0.1, -0.05) is 0 Å². The zero-order valence-corrected chi connectivity index (χ0v) is 9.15. The molecule has 1 aliphatic rings. The van der Waals surface area contributed by atoms with Crippen LogP contribution in [0.3, 0.4) is 0 Å². The first-order valence-electron chi connectivity index (χ1n) is 4.56. The van der Waals surface area contributed by atoms with Crippen LogP contribution in [-0.2, 0) is 0 Å². The van der Waals surface area contributed by atoms with E-state index in [1.165, 1.54) is 0 Å². The quantitative estimate of drug-likeness (QED) is 0.606.